The molecule has 0 unspecified atom stereocenters. The highest BCUT2D eigenvalue weighted by Gasteiger charge is 2.28. The first-order valence-corrected chi connectivity index (χ1v) is 10.2. The molecule has 1 aromatic carbocycles. The monoisotopic (exact) mass is 432 g/mol. The van der Waals surface area contributed by atoms with Gasteiger partial charge in [0.2, 0.25) is 5.88 Å². The maximum atomic E-state index is 12.8. The molecule has 0 aliphatic carbocycles. The number of amides is 1. The van der Waals surface area contributed by atoms with Crippen LogP contribution in [0.15, 0.2) is 53.7 Å². The number of sulfonamides is 1. The van der Waals surface area contributed by atoms with Crippen LogP contribution in [0.4, 0.5) is 0 Å². The largest absolute Gasteiger partial charge is 0.495 e. The Bertz CT molecular complexity index is 1120. The number of nitrogens with zero attached hydrogens (tertiary/aromatic N) is 3. The highest BCUT2D eigenvalue weighted by atomic mass is 32.2. The Morgan fingerprint density at radius 1 is 1.03 bits per heavy atom. The summed E-state index contributed by atoms with van der Waals surface area (Å²) in [6.07, 6.45) is 3.41. The van der Waals surface area contributed by atoms with Crippen molar-refractivity contribution in [1.29, 1.82) is 0 Å². The third-order valence-electron chi connectivity index (χ3n) is 4.14. The highest BCUT2D eigenvalue weighted by Crippen LogP contribution is 2.32. The van der Waals surface area contributed by atoms with Gasteiger partial charge in [-0.05, 0) is 30.3 Å². The van der Waals surface area contributed by atoms with Gasteiger partial charge in [0.1, 0.15) is 17.2 Å². The molecule has 0 fully saturated rings. The minimum Gasteiger partial charge on any atom is -0.495 e. The fourth-order valence-electron chi connectivity index (χ4n) is 2.77. The normalized spacial score (nSPS) is 11.0. The smallest absolute Gasteiger partial charge is 0.283 e. The molecule has 0 aliphatic heterocycles. The molecule has 10 nitrogen and oxygen atoms in total. The number of carbonyl (C=O) groups is 1. The maximum absolute atomic E-state index is 12.8. The van der Waals surface area contributed by atoms with Gasteiger partial charge in [-0.3, -0.25) is 9.48 Å². The van der Waals surface area contributed by atoms with Crippen LogP contribution in [0.25, 0.3) is 0 Å². The fourth-order valence-corrected chi connectivity index (χ4v) is 4.05. The lowest BCUT2D eigenvalue weighted by Gasteiger charge is -2.14. The summed E-state index contributed by atoms with van der Waals surface area (Å²) in [4.78, 5) is 16.5. The molecule has 0 radical (unpaired) electrons. The van der Waals surface area contributed by atoms with Crippen molar-refractivity contribution < 1.29 is 27.4 Å². The van der Waals surface area contributed by atoms with Crippen molar-refractivity contribution in [2.45, 2.75) is 11.4 Å². The molecule has 2 heterocycles. The quantitative estimate of drug-likeness (QED) is 0.568. The molecule has 0 saturated carbocycles. The number of aromatic nitrogens is 3. The van der Waals surface area contributed by atoms with Gasteiger partial charge in [0.25, 0.3) is 15.9 Å². The third-order valence-corrected chi connectivity index (χ3v) is 5.53. The van der Waals surface area contributed by atoms with Gasteiger partial charge in [-0.25, -0.2) is 18.1 Å². The zero-order valence-corrected chi connectivity index (χ0v) is 17.3. The molecule has 3 aromatic rings. The second kappa shape index (κ2) is 8.82. The molecule has 3 rings (SSSR count). The van der Waals surface area contributed by atoms with E-state index >= 15 is 0 Å². The van der Waals surface area contributed by atoms with Crippen LogP contribution in [-0.4, -0.2) is 50.4 Å². The molecule has 0 spiro atoms. The SMILES string of the molecule is COc1cccc(OC)c1S(=O)(=O)NC(=O)c1ccc(Cn2cccn2)c(OC)n1. The van der Waals surface area contributed by atoms with Crippen LogP contribution in [0, 0.1) is 0 Å². The predicted molar refractivity (Wildman–Crippen MR) is 106 cm³/mol. The van der Waals surface area contributed by atoms with Gasteiger partial charge < -0.3 is 14.2 Å². The van der Waals surface area contributed by atoms with Gasteiger partial charge in [-0.1, -0.05) is 6.07 Å². The van der Waals surface area contributed by atoms with Crippen LogP contribution in [-0.2, 0) is 16.6 Å². The number of methoxy groups -OCH3 is 3. The number of carbonyl (C=O) groups excluding carboxylic acids is 1. The molecule has 11 heteroatoms. The van der Waals surface area contributed by atoms with Crippen molar-refractivity contribution in [3.05, 3.63) is 60.0 Å². The van der Waals surface area contributed by atoms with Crippen LogP contribution in [0.1, 0.15) is 16.1 Å². The van der Waals surface area contributed by atoms with Gasteiger partial charge in [0.15, 0.2) is 4.90 Å². The summed E-state index contributed by atoms with van der Waals surface area (Å²) < 4.78 is 44.8. The van der Waals surface area contributed by atoms with Crippen molar-refractivity contribution in [2.24, 2.45) is 0 Å². The maximum Gasteiger partial charge on any atom is 0.283 e. The Morgan fingerprint density at radius 3 is 2.30 bits per heavy atom. The molecule has 30 heavy (non-hydrogen) atoms. The summed E-state index contributed by atoms with van der Waals surface area (Å²) in [6.45, 7) is 0.377. The molecular weight excluding hydrogens is 412 g/mol. The van der Waals surface area contributed by atoms with Gasteiger partial charge in [-0.15, -0.1) is 0 Å². The summed E-state index contributed by atoms with van der Waals surface area (Å²) in [7, 11) is -0.259. The number of pyridine rings is 1. The summed E-state index contributed by atoms with van der Waals surface area (Å²) in [5, 5.41) is 4.11. The first kappa shape index (κ1) is 21.1. The standard InChI is InChI=1S/C19H20N4O6S/c1-27-15-6-4-7-16(28-2)17(15)30(25,26)22-18(24)14-9-8-13(19(21-14)29-3)12-23-11-5-10-20-23/h4-11H,12H2,1-3H3,(H,22,24). The van der Waals surface area contributed by atoms with E-state index in [0.29, 0.717) is 12.1 Å². The average molecular weight is 432 g/mol. The van der Waals surface area contributed by atoms with Crippen molar-refractivity contribution in [3.8, 4) is 17.4 Å². The average Bonchev–Trinajstić information content (AvgIpc) is 3.26. The lowest BCUT2D eigenvalue weighted by atomic mass is 10.2. The van der Waals surface area contributed by atoms with Crippen LogP contribution in [0.3, 0.4) is 0 Å². The van der Waals surface area contributed by atoms with Crippen molar-refractivity contribution in [2.75, 3.05) is 21.3 Å². The lowest BCUT2D eigenvalue weighted by molar-refractivity contribution is 0.0975. The van der Waals surface area contributed by atoms with E-state index in [2.05, 4.69) is 10.1 Å². The van der Waals surface area contributed by atoms with Gasteiger partial charge in [0, 0.05) is 18.0 Å². The molecule has 0 aliphatic rings. The summed E-state index contributed by atoms with van der Waals surface area (Å²) in [6, 6.07) is 9.28. The number of hydrogen-bond donors (Lipinski definition) is 1. The number of benzene rings is 1. The first-order valence-electron chi connectivity index (χ1n) is 8.69. The fraction of sp³-hybridized carbons (Fsp3) is 0.211. The molecule has 1 amide bonds. The Hall–Kier alpha value is -3.60. The van der Waals surface area contributed by atoms with Crippen LogP contribution in [0.2, 0.25) is 0 Å². The van der Waals surface area contributed by atoms with Crippen LogP contribution < -0.4 is 18.9 Å². The topological polar surface area (TPSA) is 122 Å². The Balaban J connectivity index is 1.89. The van der Waals surface area contributed by atoms with Crippen LogP contribution in [0.5, 0.6) is 17.4 Å². The number of ether oxygens (including phenoxy) is 3. The highest BCUT2D eigenvalue weighted by molar-refractivity contribution is 7.90. The zero-order chi connectivity index (χ0) is 21.7. The molecule has 2 aromatic heterocycles. The van der Waals surface area contributed by atoms with E-state index in [0.717, 1.165) is 0 Å². The second-order valence-electron chi connectivity index (χ2n) is 5.99. The zero-order valence-electron chi connectivity index (χ0n) is 16.5. The van der Waals surface area contributed by atoms with Crippen molar-refractivity contribution >= 4 is 15.9 Å². The number of hydrogen-bond acceptors (Lipinski definition) is 8. The van der Waals surface area contributed by atoms with Gasteiger partial charge in [-0.2, -0.15) is 5.10 Å². The Kier molecular flexibility index (Phi) is 6.21. The summed E-state index contributed by atoms with van der Waals surface area (Å²) in [5.41, 5.74) is 0.542. The first-order chi connectivity index (χ1) is 14.4. The third kappa shape index (κ3) is 4.35. The van der Waals surface area contributed by atoms with E-state index in [1.165, 1.54) is 39.5 Å². The van der Waals surface area contributed by atoms with E-state index in [4.69, 9.17) is 14.2 Å². The molecule has 1 N–H and O–H groups in total. The predicted octanol–water partition coefficient (Wildman–Crippen LogP) is 1.47. The minimum atomic E-state index is -4.31. The van der Waals surface area contributed by atoms with E-state index in [1.807, 2.05) is 4.72 Å². The minimum absolute atomic E-state index is 0.0368. The van der Waals surface area contributed by atoms with Gasteiger partial charge in [0.05, 0.1) is 27.9 Å². The van der Waals surface area contributed by atoms with Crippen molar-refractivity contribution in [1.82, 2.24) is 19.5 Å². The molecular formula is C19H20N4O6S. The summed E-state index contributed by atoms with van der Waals surface area (Å²) in [5.74, 6) is -0.665. The van der Waals surface area contributed by atoms with Crippen molar-refractivity contribution in [3.63, 3.8) is 0 Å². The lowest BCUT2D eigenvalue weighted by Crippen LogP contribution is -2.32. The second-order valence-corrected chi connectivity index (χ2v) is 7.61. The van der Waals surface area contributed by atoms with Gasteiger partial charge >= 0.3 is 0 Å². The molecule has 0 atom stereocenters. The molecule has 158 valence electrons. The molecule has 0 bridgehead atoms. The Morgan fingerprint density at radius 2 is 1.73 bits per heavy atom. The van der Waals surface area contributed by atoms with E-state index in [-0.39, 0.29) is 28.0 Å². The van der Waals surface area contributed by atoms with Crippen LogP contribution >= 0.6 is 0 Å². The summed E-state index contributed by atoms with van der Waals surface area (Å²) >= 11 is 0. The van der Waals surface area contributed by atoms with E-state index < -0.39 is 15.9 Å². The number of nitrogens with one attached hydrogen (secondary N) is 1. The number of rotatable bonds is 8. The van der Waals surface area contributed by atoms with E-state index in [1.54, 1.807) is 35.3 Å². The van der Waals surface area contributed by atoms with E-state index in [9.17, 15) is 13.2 Å². The Labute approximate surface area is 173 Å². The molecule has 0 saturated heterocycles.